The van der Waals surface area contributed by atoms with E-state index in [1.807, 2.05) is 4.68 Å². The van der Waals surface area contributed by atoms with Crippen LogP contribution in [0.2, 0.25) is 0 Å². The summed E-state index contributed by atoms with van der Waals surface area (Å²) in [5, 5.41) is 8.37. The van der Waals surface area contributed by atoms with Gasteiger partial charge in [-0.3, -0.25) is 4.68 Å². The Kier molecular flexibility index (Phi) is 1.64. The highest BCUT2D eigenvalue weighted by Crippen LogP contribution is 2.38. The molecule has 13 heavy (non-hydrogen) atoms. The first-order chi connectivity index (χ1) is 6.42. The summed E-state index contributed by atoms with van der Waals surface area (Å²) in [6, 6.07) is 0. The second-order valence-electron chi connectivity index (χ2n) is 4.44. The molecule has 0 amide bonds. The SMILES string of the molecule is c1c(C2CC2)nnn1CC1CCC1. The van der Waals surface area contributed by atoms with Crippen LogP contribution in [0.4, 0.5) is 0 Å². The van der Waals surface area contributed by atoms with E-state index in [-0.39, 0.29) is 0 Å². The number of rotatable bonds is 3. The lowest BCUT2D eigenvalue weighted by molar-refractivity contribution is 0.264. The molecule has 0 saturated heterocycles. The zero-order valence-electron chi connectivity index (χ0n) is 7.82. The normalized spacial score (nSPS) is 23.1. The monoisotopic (exact) mass is 177 g/mol. The average molecular weight is 177 g/mol. The van der Waals surface area contributed by atoms with E-state index in [1.165, 1.54) is 37.8 Å². The Labute approximate surface area is 78.1 Å². The first-order valence-corrected chi connectivity index (χ1v) is 5.32. The molecule has 0 aromatic carbocycles. The van der Waals surface area contributed by atoms with Crippen molar-refractivity contribution in [3.8, 4) is 0 Å². The van der Waals surface area contributed by atoms with Crippen LogP contribution in [0.15, 0.2) is 6.20 Å². The summed E-state index contributed by atoms with van der Waals surface area (Å²) in [4.78, 5) is 0. The number of nitrogens with zero attached hydrogens (tertiary/aromatic N) is 3. The standard InChI is InChI=1S/C10H15N3/c1-2-8(3-1)6-13-7-10(11-12-13)9-4-5-9/h7-9H,1-6H2. The summed E-state index contributed by atoms with van der Waals surface area (Å²) in [7, 11) is 0. The summed E-state index contributed by atoms with van der Waals surface area (Å²) in [6.07, 6.45) is 8.98. The van der Waals surface area contributed by atoms with Crippen LogP contribution >= 0.6 is 0 Å². The van der Waals surface area contributed by atoms with E-state index in [9.17, 15) is 0 Å². The average Bonchev–Trinajstić information content (AvgIpc) is 2.80. The van der Waals surface area contributed by atoms with Crippen molar-refractivity contribution in [2.45, 2.75) is 44.6 Å². The number of aromatic nitrogens is 3. The Morgan fingerprint density at radius 1 is 1.31 bits per heavy atom. The molecule has 3 heteroatoms. The Balaban J connectivity index is 1.66. The minimum absolute atomic E-state index is 0.746. The minimum Gasteiger partial charge on any atom is -0.252 e. The quantitative estimate of drug-likeness (QED) is 0.706. The van der Waals surface area contributed by atoms with E-state index in [1.54, 1.807) is 0 Å². The van der Waals surface area contributed by atoms with Gasteiger partial charge in [-0.25, -0.2) is 0 Å². The van der Waals surface area contributed by atoms with Crippen molar-refractivity contribution in [1.82, 2.24) is 15.0 Å². The lowest BCUT2D eigenvalue weighted by atomic mass is 9.85. The molecule has 0 bridgehead atoms. The van der Waals surface area contributed by atoms with E-state index in [0.29, 0.717) is 0 Å². The summed E-state index contributed by atoms with van der Waals surface area (Å²) < 4.78 is 2.04. The van der Waals surface area contributed by atoms with Crippen molar-refractivity contribution in [2.75, 3.05) is 0 Å². The molecule has 2 aliphatic carbocycles. The van der Waals surface area contributed by atoms with Crippen LogP contribution in [0.3, 0.4) is 0 Å². The zero-order valence-corrected chi connectivity index (χ0v) is 7.82. The van der Waals surface area contributed by atoms with Gasteiger partial charge in [-0.15, -0.1) is 5.10 Å². The molecule has 1 aromatic rings. The van der Waals surface area contributed by atoms with Gasteiger partial charge in [-0.05, 0) is 31.6 Å². The summed E-state index contributed by atoms with van der Waals surface area (Å²) in [5.41, 5.74) is 1.22. The highest BCUT2D eigenvalue weighted by Gasteiger charge is 2.27. The third kappa shape index (κ3) is 1.47. The van der Waals surface area contributed by atoms with Gasteiger partial charge >= 0.3 is 0 Å². The molecule has 0 atom stereocenters. The van der Waals surface area contributed by atoms with Crippen molar-refractivity contribution in [3.63, 3.8) is 0 Å². The summed E-state index contributed by atoms with van der Waals surface area (Å²) in [6.45, 7) is 1.10. The molecule has 0 N–H and O–H groups in total. The molecule has 0 spiro atoms. The number of hydrogen-bond acceptors (Lipinski definition) is 2. The van der Waals surface area contributed by atoms with Crippen molar-refractivity contribution >= 4 is 0 Å². The molecular weight excluding hydrogens is 162 g/mol. The molecule has 2 fully saturated rings. The van der Waals surface area contributed by atoms with Crippen LogP contribution in [-0.2, 0) is 6.54 Å². The van der Waals surface area contributed by atoms with E-state index >= 15 is 0 Å². The van der Waals surface area contributed by atoms with Gasteiger partial charge in [0.05, 0.1) is 5.69 Å². The van der Waals surface area contributed by atoms with Gasteiger partial charge in [0, 0.05) is 18.7 Å². The van der Waals surface area contributed by atoms with Crippen molar-refractivity contribution < 1.29 is 0 Å². The smallest absolute Gasteiger partial charge is 0.0857 e. The lowest BCUT2D eigenvalue weighted by Gasteiger charge is -2.24. The van der Waals surface area contributed by atoms with Crippen LogP contribution in [0.1, 0.15) is 43.7 Å². The van der Waals surface area contributed by atoms with E-state index in [4.69, 9.17) is 0 Å². The third-order valence-corrected chi connectivity index (χ3v) is 3.22. The topological polar surface area (TPSA) is 30.7 Å². The molecule has 3 rings (SSSR count). The first-order valence-electron chi connectivity index (χ1n) is 5.32. The molecule has 1 heterocycles. The van der Waals surface area contributed by atoms with E-state index in [2.05, 4.69) is 16.5 Å². The third-order valence-electron chi connectivity index (χ3n) is 3.22. The van der Waals surface area contributed by atoms with Crippen LogP contribution in [0, 0.1) is 5.92 Å². The minimum atomic E-state index is 0.746. The van der Waals surface area contributed by atoms with E-state index in [0.717, 1.165) is 18.4 Å². The van der Waals surface area contributed by atoms with Gasteiger partial charge in [0.1, 0.15) is 0 Å². The van der Waals surface area contributed by atoms with Crippen LogP contribution < -0.4 is 0 Å². The fourth-order valence-corrected chi connectivity index (χ4v) is 1.91. The molecule has 0 aliphatic heterocycles. The van der Waals surface area contributed by atoms with Crippen LogP contribution in [-0.4, -0.2) is 15.0 Å². The van der Waals surface area contributed by atoms with Gasteiger partial charge < -0.3 is 0 Å². The highest BCUT2D eigenvalue weighted by molar-refractivity contribution is 5.08. The molecular formula is C10H15N3. The Morgan fingerprint density at radius 2 is 2.15 bits per heavy atom. The van der Waals surface area contributed by atoms with Crippen LogP contribution in [0.5, 0.6) is 0 Å². The molecule has 2 saturated carbocycles. The predicted molar refractivity (Wildman–Crippen MR) is 49.3 cm³/mol. The maximum atomic E-state index is 4.20. The summed E-state index contributed by atoms with van der Waals surface area (Å²) >= 11 is 0. The van der Waals surface area contributed by atoms with Crippen molar-refractivity contribution in [1.29, 1.82) is 0 Å². The molecule has 70 valence electrons. The fourth-order valence-electron chi connectivity index (χ4n) is 1.91. The molecule has 3 nitrogen and oxygen atoms in total. The second-order valence-corrected chi connectivity index (χ2v) is 4.44. The summed E-state index contributed by atoms with van der Waals surface area (Å²) in [5.74, 6) is 1.63. The van der Waals surface area contributed by atoms with E-state index < -0.39 is 0 Å². The zero-order chi connectivity index (χ0) is 8.67. The fraction of sp³-hybridized carbons (Fsp3) is 0.800. The maximum absolute atomic E-state index is 4.20. The van der Waals surface area contributed by atoms with Crippen molar-refractivity contribution in [2.24, 2.45) is 5.92 Å². The van der Waals surface area contributed by atoms with Gasteiger partial charge in [0.2, 0.25) is 0 Å². The Hall–Kier alpha value is -0.860. The van der Waals surface area contributed by atoms with Gasteiger partial charge in [0.25, 0.3) is 0 Å². The molecule has 1 aromatic heterocycles. The second kappa shape index (κ2) is 2.82. The lowest BCUT2D eigenvalue weighted by Crippen LogP contribution is -2.18. The Morgan fingerprint density at radius 3 is 2.77 bits per heavy atom. The van der Waals surface area contributed by atoms with Gasteiger partial charge in [-0.1, -0.05) is 11.6 Å². The van der Waals surface area contributed by atoms with Gasteiger partial charge in [0.15, 0.2) is 0 Å². The largest absolute Gasteiger partial charge is 0.252 e. The van der Waals surface area contributed by atoms with Gasteiger partial charge in [-0.2, -0.15) is 0 Å². The number of hydrogen-bond donors (Lipinski definition) is 0. The molecule has 0 unspecified atom stereocenters. The van der Waals surface area contributed by atoms with Crippen LogP contribution in [0.25, 0.3) is 0 Å². The predicted octanol–water partition coefficient (Wildman–Crippen LogP) is 1.96. The molecule has 2 aliphatic rings. The highest BCUT2D eigenvalue weighted by atomic mass is 15.4. The Bertz CT molecular complexity index is 297. The van der Waals surface area contributed by atoms with Crippen molar-refractivity contribution in [3.05, 3.63) is 11.9 Å². The first kappa shape index (κ1) is 7.54. The maximum Gasteiger partial charge on any atom is 0.0857 e. The molecule has 0 radical (unpaired) electrons.